The van der Waals surface area contributed by atoms with Crippen molar-refractivity contribution >= 4 is 23.9 Å². The molecular weight excluding hydrogens is 373 g/mol. The van der Waals surface area contributed by atoms with E-state index in [9.17, 15) is 9.18 Å². The Morgan fingerprint density at radius 1 is 1.14 bits per heavy atom. The number of aromatic nitrogens is 1. The first-order valence-electron chi connectivity index (χ1n) is 8.91. The van der Waals surface area contributed by atoms with E-state index in [0.717, 1.165) is 21.8 Å². The molecule has 1 amide bonds. The van der Waals surface area contributed by atoms with Crippen molar-refractivity contribution in [3.8, 4) is 5.69 Å². The van der Waals surface area contributed by atoms with Gasteiger partial charge in [0, 0.05) is 21.8 Å². The Hall–Kier alpha value is -2.86. The number of hydrogen-bond acceptors (Lipinski definition) is 3. The fraction of sp³-hybridized carbons (Fsp3) is 0.182. The fourth-order valence-corrected chi connectivity index (χ4v) is 3.60. The lowest BCUT2D eigenvalue weighted by Crippen LogP contribution is -2.19. The van der Waals surface area contributed by atoms with Crippen LogP contribution >= 0.6 is 11.8 Å². The molecule has 2 aromatic carbocycles. The topological polar surface area (TPSA) is 46.4 Å². The van der Waals surface area contributed by atoms with Gasteiger partial charge in [-0.2, -0.15) is 5.10 Å². The van der Waals surface area contributed by atoms with Gasteiger partial charge in [-0.3, -0.25) is 4.79 Å². The van der Waals surface area contributed by atoms with Crippen molar-refractivity contribution < 1.29 is 9.18 Å². The van der Waals surface area contributed by atoms with E-state index in [1.807, 2.05) is 55.7 Å². The molecule has 1 heterocycles. The molecule has 0 saturated carbocycles. The predicted octanol–water partition coefficient (Wildman–Crippen LogP) is 4.78. The number of benzene rings is 2. The summed E-state index contributed by atoms with van der Waals surface area (Å²) in [6.07, 6.45) is 1.59. The average Bonchev–Trinajstić information content (AvgIpc) is 2.95. The van der Waals surface area contributed by atoms with E-state index >= 15 is 0 Å². The Kier molecular flexibility index (Phi) is 6.31. The number of rotatable bonds is 6. The van der Waals surface area contributed by atoms with Gasteiger partial charge in [0.1, 0.15) is 5.82 Å². The first-order valence-corrected chi connectivity index (χ1v) is 9.89. The van der Waals surface area contributed by atoms with Crippen LogP contribution in [0.4, 0.5) is 4.39 Å². The molecule has 1 aromatic heterocycles. The van der Waals surface area contributed by atoms with Crippen molar-refractivity contribution in [1.82, 2.24) is 9.99 Å². The monoisotopic (exact) mass is 395 g/mol. The minimum atomic E-state index is -0.283. The maximum absolute atomic E-state index is 14.1. The van der Waals surface area contributed by atoms with Crippen LogP contribution < -0.4 is 5.43 Å². The summed E-state index contributed by atoms with van der Waals surface area (Å²) in [5.41, 5.74) is 6.80. The van der Waals surface area contributed by atoms with E-state index < -0.39 is 0 Å². The second-order valence-corrected chi connectivity index (χ2v) is 7.56. The molecule has 6 heteroatoms. The zero-order valence-corrected chi connectivity index (χ0v) is 16.9. The van der Waals surface area contributed by atoms with Crippen LogP contribution in [0.2, 0.25) is 0 Å². The highest BCUT2D eigenvalue weighted by molar-refractivity contribution is 8.00. The van der Waals surface area contributed by atoms with E-state index in [0.29, 0.717) is 5.69 Å². The fourth-order valence-electron chi connectivity index (χ4n) is 2.91. The second-order valence-electron chi connectivity index (χ2n) is 6.51. The third-order valence-electron chi connectivity index (χ3n) is 4.35. The van der Waals surface area contributed by atoms with Crippen molar-refractivity contribution in [3.63, 3.8) is 0 Å². The van der Waals surface area contributed by atoms with Gasteiger partial charge < -0.3 is 4.57 Å². The Morgan fingerprint density at radius 3 is 2.57 bits per heavy atom. The van der Waals surface area contributed by atoms with Crippen LogP contribution in [0.1, 0.15) is 22.5 Å². The van der Waals surface area contributed by atoms with Crippen LogP contribution in [-0.2, 0) is 4.79 Å². The highest BCUT2D eigenvalue weighted by Gasteiger charge is 2.12. The van der Waals surface area contributed by atoms with Crippen LogP contribution in [-0.4, -0.2) is 22.4 Å². The van der Waals surface area contributed by atoms with Crippen molar-refractivity contribution in [2.24, 2.45) is 5.10 Å². The van der Waals surface area contributed by atoms with Gasteiger partial charge in [-0.15, -0.1) is 11.8 Å². The molecule has 0 aliphatic rings. The summed E-state index contributed by atoms with van der Waals surface area (Å²) < 4.78 is 16.0. The minimum absolute atomic E-state index is 0.176. The van der Waals surface area contributed by atoms with E-state index in [2.05, 4.69) is 10.5 Å². The van der Waals surface area contributed by atoms with Crippen LogP contribution in [0.15, 0.2) is 64.6 Å². The summed E-state index contributed by atoms with van der Waals surface area (Å²) in [5.74, 6) is -0.173. The lowest BCUT2D eigenvalue weighted by Gasteiger charge is -2.10. The molecule has 0 bridgehead atoms. The van der Waals surface area contributed by atoms with Crippen LogP contribution in [0.25, 0.3) is 5.69 Å². The maximum atomic E-state index is 14.1. The molecule has 0 aliphatic heterocycles. The lowest BCUT2D eigenvalue weighted by molar-refractivity contribution is -0.118. The Balaban J connectivity index is 1.63. The van der Waals surface area contributed by atoms with E-state index in [1.54, 1.807) is 24.4 Å². The SMILES string of the molecule is Cc1ccc(SCC(=O)N/N=C\c2cc(C)n(-c3ccccc3F)c2C)cc1. The number of nitrogens with zero attached hydrogens (tertiary/aromatic N) is 2. The number of carbonyl (C=O) groups excluding carboxylic acids is 1. The Labute approximate surface area is 168 Å². The first-order chi connectivity index (χ1) is 13.5. The summed E-state index contributed by atoms with van der Waals surface area (Å²) in [6, 6.07) is 16.6. The van der Waals surface area contributed by atoms with Gasteiger partial charge in [0.15, 0.2) is 0 Å². The van der Waals surface area contributed by atoms with E-state index in [4.69, 9.17) is 0 Å². The number of carbonyl (C=O) groups is 1. The lowest BCUT2D eigenvalue weighted by atomic mass is 10.2. The molecular formula is C22H22FN3OS. The quantitative estimate of drug-likeness (QED) is 0.371. The van der Waals surface area contributed by atoms with E-state index in [1.165, 1.54) is 23.4 Å². The highest BCUT2D eigenvalue weighted by Crippen LogP contribution is 2.22. The summed E-state index contributed by atoms with van der Waals surface area (Å²) in [5, 5.41) is 4.05. The molecule has 3 aromatic rings. The molecule has 0 atom stereocenters. The predicted molar refractivity (Wildman–Crippen MR) is 113 cm³/mol. The van der Waals surface area contributed by atoms with Gasteiger partial charge >= 0.3 is 0 Å². The highest BCUT2D eigenvalue weighted by atomic mass is 32.2. The minimum Gasteiger partial charge on any atom is -0.315 e. The van der Waals surface area contributed by atoms with Gasteiger partial charge in [-0.05, 0) is 51.1 Å². The molecule has 28 heavy (non-hydrogen) atoms. The van der Waals surface area contributed by atoms with Crippen molar-refractivity contribution in [3.05, 3.63) is 82.9 Å². The van der Waals surface area contributed by atoms with Crippen LogP contribution in [0, 0.1) is 26.6 Å². The number of nitrogens with one attached hydrogen (secondary N) is 1. The molecule has 0 spiro atoms. The van der Waals surface area contributed by atoms with Crippen molar-refractivity contribution in [2.45, 2.75) is 25.7 Å². The van der Waals surface area contributed by atoms with Crippen LogP contribution in [0.3, 0.4) is 0 Å². The molecule has 1 N–H and O–H groups in total. The number of para-hydroxylation sites is 1. The number of aryl methyl sites for hydroxylation is 2. The summed E-state index contributed by atoms with van der Waals surface area (Å²) in [6.45, 7) is 5.84. The van der Waals surface area contributed by atoms with Gasteiger partial charge in [0.25, 0.3) is 0 Å². The molecule has 3 rings (SSSR count). The maximum Gasteiger partial charge on any atom is 0.250 e. The Morgan fingerprint density at radius 2 is 1.86 bits per heavy atom. The molecule has 0 fully saturated rings. The molecule has 0 saturated heterocycles. The number of hydrazone groups is 1. The second kappa shape index (κ2) is 8.89. The van der Waals surface area contributed by atoms with Crippen molar-refractivity contribution in [2.75, 3.05) is 5.75 Å². The molecule has 0 radical (unpaired) electrons. The average molecular weight is 396 g/mol. The molecule has 4 nitrogen and oxygen atoms in total. The Bertz CT molecular complexity index is 1010. The smallest absolute Gasteiger partial charge is 0.250 e. The molecule has 144 valence electrons. The zero-order valence-electron chi connectivity index (χ0n) is 16.1. The number of halogens is 1. The third-order valence-corrected chi connectivity index (χ3v) is 5.36. The molecule has 0 unspecified atom stereocenters. The summed E-state index contributed by atoms with van der Waals surface area (Å²) in [4.78, 5) is 13.0. The number of amides is 1. The van der Waals surface area contributed by atoms with Gasteiger partial charge in [0.05, 0.1) is 17.7 Å². The zero-order chi connectivity index (χ0) is 20.1. The van der Waals surface area contributed by atoms with Crippen LogP contribution in [0.5, 0.6) is 0 Å². The standard InChI is InChI=1S/C22H22FN3OS/c1-15-8-10-19(11-9-15)28-14-22(27)25-24-13-18-12-16(2)26(17(18)3)21-7-5-4-6-20(21)23/h4-13H,14H2,1-3H3,(H,25,27)/b24-13-. The normalized spacial score (nSPS) is 11.1. The number of thioether (sulfide) groups is 1. The van der Waals surface area contributed by atoms with Crippen molar-refractivity contribution in [1.29, 1.82) is 0 Å². The first kappa shape index (κ1) is 19.9. The van der Waals surface area contributed by atoms with Gasteiger partial charge in [0.2, 0.25) is 5.91 Å². The number of hydrogen-bond donors (Lipinski definition) is 1. The van der Waals surface area contributed by atoms with Gasteiger partial charge in [-0.25, -0.2) is 9.82 Å². The van der Waals surface area contributed by atoms with E-state index in [-0.39, 0.29) is 17.5 Å². The summed E-state index contributed by atoms with van der Waals surface area (Å²) in [7, 11) is 0. The largest absolute Gasteiger partial charge is 0.315 e. The van der Waals surface area contributed by atoms with Gasteiger partial charge in [-0.1, -0.05) is 29.8 Å². The summed E-state index contributed by atoms with van der Waals surface area (Å²) >= 11 is 1.46. The molecule has 0 aliphatic carbocycles. The third kappa shape index (κ3) is 4.70.